The second-order valence-corrected chi connectivity index (χ2v) is 6.90. The van der Waals surface area contributed by atoms with E-state index in [1.54, 1.807) is 31.2 Å². The van der Waals surface area contributed by atoms with Gasteiger partial charge in [0.15, 0.2) is 12.6 Å². The molecule has 0 aromatic heterocycles. The van der Waals surface area contributed by atoms with Gasteiger partial charge in [-0.05, 0) is 57.2 Å². The quantitative estimate of drug-likeness (QED) is 0.664. The van der Waals surface area contributed by atoms with E-state index >= 15 is 0 Å². The molecule has 0 aliphatic heterocycles. The average Bonchev–Trinajstić information content (AvgIpc) is 2.62. The van der Waals surface area contributed by atoms with Crippen molar-refractivity contribution < 1.29 is 19.2 Å². The van der Waals surface area contributed by atoms with E-state index in [1.165, 1.54) is 0 Å². The Labute approximate surface area is 160 Å². The maximum absolute atomic E-state index is 12.4. The Morgan fingerprint density at radius 1 is 0.963 bits per heavy atom. The molecule has 6 heteroatoms. The lowest BCUT2D eigenvalue weighted by Gasteiger charge is -2.21. The van der Waals surface area contributed by atoms with Gasteiger partial charge < -0.3 is 20.3 Å². The summed E-state index contributed by atoms with van der Waals surface area (Å²) in [5, 5.41) is 5.72. The molecule has 0 saturated carbocycles. The Bertz CT molecular complexity index is 745. The lowest BCUT2D eigenvalue weighted by atomic mass is 10.2. The van der Waals surface area contributed by atoms with Crippen LogP contribution in [0.5, 0.6) is 11.5 Å². The van der Waals surface area contributed by atoms with Crippen LogP contribution in [0.3, 0.4) is 0 Å². The minimum Gasteiger partial charge on any atom is -0.457 e. The van der Waals surface area contributed by atoms with Crippen molar-refractivity contribution in [3.63, 3.8) is 0 Å². The average molecular weight is 370 g/mol. The van der Waals surface area contributed by atoms with Gasteiger partial charge in [0.25, 0.3) is 11.8 Å². The van der Waals surface area contributed by atoms with E-state index in [2.05, 4.69) is 10.6 Å². The van der Waals surface area contributed by atoms with Gasteiger partial charge in [0.1, 0.15) is 11.5 Å². The van der Waals surface area contributed by atoms with Crippen molar-refractivity contribution in [1.82, 2.24) is 5.32 Å². The SMILES string of the molecule is CC(C)NC(=O)C[NH+](C)[C@H](C)C(=O)Nc1ccc(Oc2ccccc2)cc1. The molecule has 2 aromatic rings. The van der Waals surface area contributed by atoms with E-state index in [0.717, 1.165) is 10.6 Å². The number of hydrogen-bond donors (Lipinski definition) is 3. The minimum absolute atomic E-state index is 0.0652. The minimum atomic E-state index is -0.358. The molecule has 0 saturated heterocycles. The zero-order valence-electron chi connectivity index (χ0n) is 16.3. The summed E-state index contributed by atoms with van der Waals surface area (Å²) in [6, 6.07) is 16.4. The van der Waals surface area contributed by atoms with Gasteiger partial charge in [-0.2, -0.15) is 0 Å². The molecule has 0 bridgehead atoms. The number of likely N-dealkylation sites (N-methyl/N-ethyl adjacent to an activating group) is 1. The molecule has 0 aliphatic rings. The predicted molar refractivity (Wildman–Crippen MR) is 106 cm³/mol. The Kier molecular flexibility index (Phi) is 7.37. The summed E-state index contributed by atoms with van der Waals surface area (Å²) >= 11 is 0. The number of rotatable bonds is 8. The monoisotopic (exact) mass is 370 g/mol. The number of amides is 2. The molecule has 0 heterocycles. The molecule has 0 spiro atoms. The number of quaternary nitrogens is 1. The van der Waals surface area contributed by atoms with Crippen LogP contribution >= 0.6 is 0 Å². The third-order valence-corrected chi connectivity index (χ3v) is 4.12. The molecule has 0 radical (unpaired) electrons. The summed E-state index contributed by atoms with van der Waals surface area (Å²) in [6.45, 7) is 5.87. The molecule has 1 unspecified atom stereocenters. The fourth-order valence-corrected chi connectivity index (χ4v) is 2.48. The highest BCUT2D eigenvalue weighted by atomic mass is 16.5. The number of anilines is 1. The zero-order chi connectivity index (χ0) is 19.8. The Morgan fingerprint density at radius 3 is 2.15 bits per heavy atom. The third kappa shape index (κ3) is 6.75. The fraction of sp³-hybridized carbons (Fsp3) is 0.333. The Morgan fingerprint density at radius 2 is 1.56 bits per heavy atom. The lowest BCUT2D eigenvalue weighted by molar-refractivity contribution is -0.885. The van der Waals surface area contributed by atoms with Gasteiger partial charge in [-0.25, -0.2) is 0 Å². The number of ether oxygens (including phenoxy) is 1. The smallest absolute Gasteiger partial charge is 0.282 e. The van der Waals surface area contributed by atoms with Crippen LogP contribution < -0.4 is 20.3 Å². The first-order chi connectivity index (χ1) is 12.8. The molecule has 2 atom stereocenters. The van der Waals surface area contributed by atoms with E-state index in [-0.39, 0.29) is 30.4 Å². The summed E-state index contributed by atoms with van der Waals surface area (Å²) in [5.41, 5.74) is 0.687. The van der Waals surface area contributed by atoms with Crippen molar-refractivity contribution in [3.05, 3.63) is 54.6 Å². The highest BCUT2D eigenvalue weighted by Gasteiger charge is 2.24. The molecular formula is C21H28N3O3+. The van der Waals surface area contributed by atoms with Gasteiger partial charge in [-0.3, -0.25) is 9.59 Å². The van der Waals surface area contributed by atoms with Crippen LogP contribution in [0.15, 0.2) is 54.6 Å². The van der Waals surface area contributed by atoms with Crippen LogP contribution in [0, 0.1) is 0 Å². The van der Waals surface area contributed by atoms with E-state index in [4.69, 9.17) is 4.74 Å². The second kappa shape index (κ2) is 9.73. The van der Waals surface area contributed by atoms with Crippen LogP contribution in [-0.2, 0) is 9.59 Å². The van der Waals surface area contributed by atoms with E-state index in [9.17, 15) is 9.59 Å². The first-order valence-corrected chi connectivity index (χ1v) is 9.10. The molecule has 27 heavy (non-hydrogen) atoms. The van der Waals surface area contributed by atoms with Crippen LogP contribution in [0.1, 0.15) is 20.8 Å². The van der Waals surface area contributed by atoms with E-state index in [0.29, 0.717) is 11.4 Å². The summed E-state index contributed by atoms with van der Waals surface area (Å²) < 4.78 is 5.74. The number of hydrogen-bond acceptors (Lipinski definition) is 3. The lowest BCUT2D eigenvalue weighted by Crippen LogP contribution is -3.15. The molecule has 6 nitrogen and oxygen atoms in total. The predicted octanol–water partition coefficient (Wildman–Crippen LogP) is 1.85. The number of carbonyl (C=O) groups is 2. The van der Waals surface area contributed by atoms with Crippen molar-refractivity contribution in [2.24, 2.45) is 0 Å². The third-order valence-electron chi connectivity index (χ3n) is 4.12. The summed E-state index contributed by atoms with van der Waals surface area (Å²) in [4.78, 5) is 25.1. The molecule has 2 amide bonds. The first-order valence-electron chi connectivity index (χ1n) is 9.10. The van der Waals surface area contributed by atoms with Crippen molar-refractivity contribution in [2.75, 3.05) is 18.9 Å². The number of nitrogens with one attached hydrogen (secondary N) is 3. The highest BCUT2D eigenvalue weighted by Crippen LogP contribution is 2.22. The van der Waals surface area contributed by atoms with Crippen LogP contribution in [-0.4, -0.2) is 37.5 Å². The van der Waals surface area contributed by atoms with Gasteiger partial charge >= 0.3 is 0 Å². The largest absolute Gasteiger partial charge is 0.457 e. The van der Waals surface area contributed by atoms with Crippen molar-refractivity contribution in [1.29, 1.82) is 0 Å². The maximum atomic E-state index is 12.4. The molecule has 144 valence electrons. The number of carbonyl (C=O) groups excluding carboxylic acids is 2. The van der Waals surface area contributed by atoms with Crippen molar-refractivity contribution in [3.8, 4) is 11.5 Å². The zero-order valence-corrected chi connectivity index (χ0v) is 16.3. The number of benzene rings is 2. The second-order valence-electron chi connectivity index (χ2n) is 6.90. The van der Waals surface area contributed by atoms with Crippen molar-refractivity contribution >= 4 is 17.5 Å². The molecule has 0 aliphatic carbocycles. The summed E-state index contributed by atoms with van der Waals surface area (Å²) in [6.07, 6.45) is 0. The van der Waals surface area contributed by atoms with Gasteiger partial charge in [-0.1, -0.05) is 18.2 Å². The summed E-state index contributed by atoms with van der Waals surface area (Å²) in [7, 11) is 1.83. The fourth-order valence-electron chi connectivity index (χ4n) is 2.48. The molecule has 0 fully saturated rings. The molecule has 2 rings (SSSR count). The van der Waals surface area contributed by atoms with E-state index in [1.807, 2.05) is 51.2 Å². The van der Waals surface area contributed by atoms with Gasteiger partial charge in [0.2, 0.25) is 0 Å². The molecular weight excluding hydrogens is 342 g/mol. The van der Waals surface area contributed by atoms with Crippen LogP contribution in [0.25, 0.3) is 0 Å². The molecule has 2 aromatic carbocycles. The molecule has 3 N–H and O–H groups in total. The standard InChI is InChI=1S/C21H27N3O3/c1-15(2)22-20(25)14-24(4)16(3)21(26)23-17-10-12-19(13-11-17)27-18-8-6-5-7-9-18/h5-13,15-16H,14H2,1-4H3,(H,22,25)(H,23,26)/p+1/t16-/m1/s1. The van der Waals surface area contributed by atoms with Crippen molar-refractivity contribution in [2.45, 2.75) is 32.9 Å². The van der Waals surface area contributed by atoms with Gasteiger partial charge in [0.05, 0.1) is 7.05 Å². The van der Waals surface area contributed by atoms with Crippen LogP contribution in [0.2, 0.25) is 0 Å². The topological polar surface area (TPSA) is 71.9 Å². The maximum Gasteiger partial charge on any atom is 0.282 e. The van der Waals surface area contributed by atoms with E-state index < -0.39 is 0 Å². The normalized spacial score (nSPS) is 12.9. The van der Waals surface area contributed by atoms with Gasteiger partial charge in [-0.15, -0.1) is 0 Å². The van der Waals surface area contributed by atoms with Gasteiger partial charge in [0, 0.05) is 11.7 Å². The highest BCUT2D eigenvalue weighted by molar-refractivity contribution is 5.93. The van der Waals surface area contributed by atoms with Crippen LogP contribution in [0.4, 0.5) is 5.69 Å². The Balaban J connectivity index is 1.88. The Hall–Kier alpha value is -2.86. The first kappa shape index (κ1) is 20.5. The number of para-hydroxylation sites is 1. The summed E-state index contributed by atoms with van der Waals surface area (Å²) in [5.74, 6) is 1.25.